The number of halogens is 3. The number of hydrogen-bond acceptors (Lipinski definition) is 5. The first-order valence-electron chi connectivity index (χ1n) is 13.8. The van der Waals surface area contributed by atoms with Crippen LogP contribution in [0.4, 0.5) is 8.78 Å². The Morgan fingerprint density at radius 3 is 2.27 bits per heavy atom. The Hall–Kier alpha value is -3.08. The third-order valence-corrected chi connectivity index (χ3v) is 8.45. The lowest BCUT2D eigenvalue weighted by Gasteiger charge is -2.41. The van der Waals surface area contributed by atoms with Crippen molar-refractivity contribution in [3.63, 3.8) is 0 Å². The number of nitrogens with one attached hydrogen (secondary N) is 1. The summed E-state index contributed by atoms with van der Waals surface area (Å²) in [5.41, 5.74) is 5.94. The van der Waals surface area contributed by atoms with Gasteiger partial charge in [0.15, 0.2) is 12.1 Å². The summed E-state index contributed by atoms with van der Waals surface area (Å²) in [4.78, 5) is 28.6. The molecule has 2 heterocycles. The summed E-state index contributed by atoms with van der Waals surface area (Å²) in [7, 11) is 0. The molecule has 4 unspecified atom stereocenters. The Morgan fingerprint density at radius 1 is 1.02 bits per heavy atom. The van der Waals surface area contributed by atoms with E-state index in [1.165, 1.54) is 29.2 Å². The summed E-state index contributed by atoms with van der Waals surface area (Å²) in [6.07, 6.45) is 0.636. The van der Waals surface area contributed by atoms with Gasteiger partial charge in [0, 0.05) is 28.2 Å². The van der Waals surface area contributed by atoms with E-state index in [0.29, 0.717) is 35.9 Å². The van der Waals surface area contributed by atoms with Crippen molar-refractivity contribution in [3.05, 3.63) is 76.3 Å². The highest BCUT2D eigenvalue weighted by atomic mass is 79.9. The Labute approximate surface area is 246 Å². The number of benzene rings is 3. The molecule has 2 saturated heterocycles. The van der Waals surface area contributed by atoms with Crippen molar-refractivity contribution in [2.45, 2.75) is 81.8 Å². The van der Waals surface area contributed by atoms with E-state index in [1.54, 1.807) is 30.3 Å². The molecule has 41 heavy (non-hydrogen) atoms. The highest BCUT2D eigenvalue weighted by Crippen LogP contribution is 2.40. The molecule has 3 aromatic rings. The normalized spacial score (nSPS) is 22.0. The van der Waals surface area contributed by atoms with E-state index < -0.39 is 35.4 Å². The van der Waals surface area contributed by atoms with Crippen LogP contribution >= 0.6 is 15.9 Å². The monoisotopic (exact) mass is 629 g/mol. The number of piperidine rings is 1. The second-order valence-corrected chi connectivity index (χ2v) is 12.2. The molecule has 3 aromatic carbocycles. The molecule has 2 amide bonds. The Bertz CT molecular complexity index is 1420. The summed E-state index contributed by atoms with van der Waals surface area (Å²) >= 11 is 3.25. The molecule has 0 radical (unpaired) electrons. The number of fused-ring (bicyclic) bond motifs is 3. The average Bonchev–Trinajstić information content (AvgIpc) is 3.20. The van der Waals surface area contributed by atoms with Gasteiger partial charge in [0.25, 0.3) is 11.8 Å². The SMILES string of the molecule is CC(C)Oc1ccc2cc(C(O)C(=O)NC(C(=O)N3C4CCC3CC(N)C4)C(F)(F)c3ccc(Br)cc3)ccc2c1. The lowest BCUT2D eigenvalue weighted by Crippen LogP contribution is -2.61. The van der Waals surface area contributed by atoms with Crippen molar-refractivity contribution in [1.29, 1.82) is 0 Å². The van der Waals surface area contributed by atoms with Crippen LogP contribution < -0.4 is 15.8 Å². The second kappa shape index (κ2) is 11.7. The van der Waals surface area contributed by atoms with Gasteiger partial charge in [-0.1, -0.05) is 46.3 Å². The van der Waals surface area contributed by atoms with Gasteiger partial charge in [0.2, 0.25) is 0 Å². The predicted molar refractivity (Wildman–Crippen MR) is 156 cm³/mol. The van der Waals surface area contributed by atoms with E-state index in [9.17, 15) is 14.7 Å². The zero-order chi connectivity index (χ0) is 29.5. The number of carbonyl (C=O) groups is 2. The zero-order valence-corrected chi connectivity index (χ0v) is 24.5. The smallest absolute Gasteiger partial charge is 0.302 e. The number of carbonyl (C=O) groups excluding carboxylic acids is 2. The minimum Gasteiger partial charge on any atom is -0.491 e. The molecular formula is C31H34BrF2N3O4. The number of nitrogens with two attached hydrogens (primary N) is 1. The minimum atomic E-state index is -3.75. The third-order valence-electron chi connectivity index (χ3n) is 7.92. The van der Waals surface area contributed by atoms with E-state index >= 15 is 8.78 Å². The molecule has 0 aliphatic carbocycles. The van der Waals surface area contributed by atoms with Crippen molar-refractivity contribution in [2.75, 3.05) is 0 Å². The van der Waals surface area contributed by atoms with Crippen molar-refractivity contribution >= 4 is 38.5 Å². The van der Waals surface area contributed by atoms with Crippen LogP contribution in [-0.4, -0.2) is 52.1 Å². The quantitative estimate of drug-likeness (QED) is 0.318. The summed E-state index contributed by atoms with van der Waals surface area (Å²) in [5.74, 6) is -5.01. The molecule has 2 bridgehead atoms. The summed E-state index contributed by atoms with van der Waals surface area (Å²) in [6.45, 7) is 3.84. The summed E-state index contributed by atoms with van der Waals surface area (Å²) in [6, 6.07) is 12.8. The number of alkyl halides is 2. The number of aliphatic hydroxyl groups excluding tert-OH is 1. The van der Waals surface area contributed by atoms with E-state index in [4.69, 9.17) is 10.5 Å². The Morgan fingerprint density at radius 2 is 1.63 bits per heavy atom. The van der Waals surface area contributed by atoms with Crippen molar-refractivity contribution in [3.8, 4) is 5.75 Å². The molecular weight excluding hydrogens is 596 g/mol. The molecule has 2 fully saturated rings. The predicted octanol–water partition coefficient (Wildman–Crippen LogP) is 5.18. The average molecular weight is 631 g/mol. The number of aliphatic hydroxyl groups is 1. The number of hydrogen-bond donors (Lipinski definition) is 3. The van der Waals surface area contributed by atoms with E-state index in [1.807, 2.05) is 19.9 Å². The number of nitrogens with zero attached hydrogens (tertiary/aromatic N) is 1. The molecule has 0 aromatic heterocycles. The van der Waals surface area contributed by atoms with Gasteiger partial charge in [-0.3, -0.25) is 9.59 Å². The maximum atomic E-state index is 16.1. The fourth-order valence-electron chi connectivity index (χ4n) is 6.00. The third kappa shape index (κ3) is 6.10. The van der Waals surface area contributed by atoms with Crippen LogP contribution in [0.15, 0.2) is 65.1 Å². The first-order chi connectivity index (χ1) is 19.4. The van der Waals surface area contributed by atoms with Gasteiger partial charge in [-0.2, -0.15) is 8.78 Å². The van der Waals surface area contributed by atoms with E-state index in [0.717, 1.165) is 10.8 Å². The molecule has 4 N–H and O–H groups in total. The minimum absolute atomic E-state index is 0.000277. The van der Waals surface area contributed by atoms with E-state index in [2.05, 4.69) is 21.2 Å². The van der Waals surface area contributed by atoms with Gasteiger partial charge in [-0.15, -0.1) is 0 Å². The van der Waals surface area contributed by atoms with Gasteiger partial charge in [-0.05, 0) is 86.2 Å². The van der Waals surface area contributed by atoms with Gasteiger partial charge in [-0.25, -0.2) is 0 Å². The number of rotatable bonds is 8. The largest absolute Gasteiger partial charge is 0.491 e. The van der Waals surface area contributed by atoms with Gasteiger partial charge in [0.05, 0.1) is 6.10 Å². The molecule has 7 nitrogen and oxygen atoms in total. The van der Waals surface area contributed by atoms with Crippen LogP contribution in [0.1, 0.15) is 56.8 Å². The topological polar surface area (TPSA) is 105 Å². The molecule has 0 spiro atoms. The maximum absolute atomic E-state index is 16.1. The van der Waals surface area contributed by atoms with Crippen molar-refractivity contribution in [1.82, 2.24) is 10.2 Å². The molecule has 10 heteroatoms. The molecule has 2 aliphatic rings. The summed E-state index contributed by atoms with van der Waals surface area (Å²) in [5, 5.41) is 14.8. The first-order valence-corrected chi connectivity index (χ1v) is 14.6. The molecule has 5 rings (SSSR count). The molecule has 4 atom stereocenters. The summed E-state index contributed by atoms with van der Waals surface area (Å²) < 4.78 is 38.5. The molecule has 0 saturated carbocycles. The molecule has 218 valence electrons. The number of amides is 2. The fourth-order valence-corrected chi connectivity index (χ4v) is 6.27. The lowest BCUT2D eigenvalue weighted by molar-refractivity contribution is -0.155. The van der Waals surface area contributed by atoms with Gasteiger partial charge >= 0.3 is 5.92 Å². The molecule has 2 aliphatic heterocycles. The van der Waals surface area contributed by atoms with Gasteiger partial charge in [0.1, 0.15) is 5.75 Å². The van der Waals surface area contributed by atoms with Crippen LogP contribution in [0.2, 0.25) is 0 Å². The maximum Gasteiger partial charge on any atom is 0.302 e. The van der Waals surface area contributed by atoms with Crippen LogP contribution in [0, 0.1) is 0 Å². The lowest BCUT2D eigenvalue weighted by atomic mass is 9.94. The standard InChI is InChI=1S/C31H34BrF2N3O4/c1-17(2)41-26-12-5-18-13-20(4-3-19(18)14-26)27(38)29(39)36-28(31(33,34)21-6-8-22(32)9-7-21)30(40)37-24-10-11-25(37)16-23(35)15-24/h3-9,12-14,17,23-25,27-28,38H,10-11,15-16,35H2,1-2H3,(H,36,39). The zero-order valence-electron chi connectivity index (χ0n) is 22.9. The van der Waals surface area contributed by atoms with Crippen molar-refractivity contribution < 1.29 is 28.2 Å². The Kier molecular flexibility index (Phi) is 8.36. The highest BCUT2D eigenvalue weighted by molar-refractivity contribution is 9.10. The first kappa shape index (κ1) is 29.4. The second-order valence-electron chi connectivity index (χ2n) is 11.3. The van der Waals surface area contributed by atoms with E-state index in [-0.39, 0.29) is 29.8 Å². The van der Waals surface area contributed by atoms with Crippen molar-refractivity contribution in [2.24, 2.45) is 5.73 Å². The number of ether oxygens (including phenoxy) is 1. The fraction of sp³-hybridized carbons (Fsp3) is 0.419. The van der Waals surface area contributed by atoms with Crippen LogP contribution in [-0.2, 0) is 15.5 Å². The van der Waals surface area contributed by atoms with Gasteiger partial charge < -0.3 is 25.8 Å². The van der Waals surface area contributed by atoms with Crippen LogP contribution in [0.25, 0.3) is 10.8 Å². The van der Waals surface area contributed by atoms with Crippen LogP contribution in [0.5, 0.6) is 5.75 Å². The van der Waals surface area contributed by atoms with Crippen LogP contribution in [0.3, 0.4) is 0 Å². The Balaban J connectivity index is 1.42. The highest BCUT2D eigenvalue weighted by Gasteiger charge is 2.53.